The normalized spacial score (nSPS) is 14.8. The van der Waals surface area contributed by atoms with Gasteiger partial charge in [0.1, 0.15) is 5.69 Å². The third-order valence-electron chi connectivity index (χ3n) is 5.85. The molecule has 0 atom stereocenters. The van der Waals surface area contributed by atoms with Crippen LogP contribution in [0.1, 0.15) is 71.2 Å². The second-order valence-corrected chi connectivity index (χ2v) is 8.43. The molecule has 1 amide bonds. The summed E-state index contributed by atoms with van der Waals surface area (Å²) in [5.74, 6) is -1.12. The quantitative estimate of drug-likeness (QED) is 0.229. The number of rotatable bonds is 12. The Labute approximate surface area is 210 Å². The minimum atomic E-state index is -0.634. The van der Waals surface area contributed by atoms with Crippen LogP contribution in [-0.2, 0) is 9.47 Å². The van der Waals surface area contributed by atoms with Gasteiger partial charge in [-0.3, -0.25) is 14.5 Å². The van der Waals surface area contributed by atoms with E-state index in [4.69, 9.17) is 20.9 Å². The number of nitrogens with two attached hydrogens (primary N) is 2. The number of hydrogen-bond donors (Lipinski definition) is 3. The van der Waals surface area contributed by atoms with Crippen molar-refractivity contribution < 1.29 is 19.1 Å². The van der Waals surface area contributed by atoms with E-state index >= 15 is 0 Å². The summed E-state index contributed by atoms with van der Waals surface area (Å²) in [7, 11) is 1.27. The van der Waals surface area contributed by atoms with Gasteiger partial charge >= 0.3 is 5.97 Å². The Morgan fingerprint density at radius 3 is 2.69 bits per heavy atom. The van der Waals surface area contributed by atoms with Gasteiger partial charge < -0.3 is 26.3 Å². The van der Waals surface area contributed by atoms with Crippen LogP contribution < -0.4 is 16.8 Å². The van der Waals surface area contributed by atoms with Crippen molar-refractivity contribution in [1.82, 2.24) is 14.8 Å². The molecule has 1 saturated heterocycles. The summed E-state index contributed by atoms with van der Waals surface area (Å²) >= 11 is 0. The average molecular weight is 498 g/mol. The van der Waals surface area contributed by atoms with E-state index in [1.54, 1.807) is 35.3 Å². The Hall–Kier alpha value is -3.57. The first-order chi connectivity index (χ1) is 17.6. The topological polar surface area (TPSA) is 160 Å². The van der Waals surface area contributed by atoms with E-state index in [-0.39, 0.29) is 23.1 Å². The first kappa shape index (κ1) is 27.0. The molecule has 194 valence electrons. The summed E-state index contributed by atoms with van der Waals surface area (Å²) in [6.07, 6.45) is 10.4. The number of amides is 1. The van der Waals surface area contributed by atoms with Crippen molar-refractivity contribution in [3.05, 3.63) is 47.7 Å². The molecule has 11 heteroatoms. The third-order valence-corrected chi connectivity index (χ3v) is 5.85. The van der Waals surface area contributed by atoms with E-state index in [0.29, 0.717) is 37.6 Å². The number of methoxy groups -OCH3 is 1. The summed E-state index contributed by atoms with van der Waals surface area (Å²) in [4.78, 5) is 34.2. The first-order valence-electron chi connectivity index (χ1n) is 12.2. The lowest BCUT2D eigenvalue weighted by Gasteiger charge is -2.22. The number of nitrogens with one attached hydrogen (secondary N) is 1. The maximum atomic E-state index is 13.0. The summed E-state index contributed by atoms with van der Waals surface area (Å²) < 4.78 is 11.9. The van der Waals surface area contributed by atoms with E-state index < -0.39 is 11.9 Å². The Morgan fingerprint density at radius 2 is 1.97 bits per heavy atom. The number of allylic oxidation sites excluding steroid dienone is 1. The third kappa shape index (κ3) is 7.46. The molecule has 0 saturated carbocycles. The molecule has 3 rings (SSSR count). The summed E-state index contributed by atoms with van der Waals surface area (Å²) in [6.45, 7) is 2.62. The molecule has 0 radical (unpaired) electrons. The van der Waals surface area contributed by atoms with Crippen LogP contribution in [0.25, 0.3) is 5.57 Å². The van der Waals surface area contributed by atoms with Gasteiger partial charge in [0.2, 0.25) is 0 Å². The SMILES string of the molecule is COC(=O)c1nn(C2CCOCC2)cc1NC(=O)c1cccc(C(C=NCCCCCCN)=CN)n1. The lowest BCUT2D eigenvalue weighted by Crippen LogP contribution is -2.20. The monoisotopic (exact) mass is 497 g/mol. The number of aromatic nitrogens is 3. The van der Waals surface area contributed by atoms with Crippen molar-refractivity contribution in [2.75, 3.05) is 38.7 Å². The molecule has 1 aliphatic rings. The van der Waals surface area contributed by atoms with Gasteiger partial charge in [-0.1, -0.05) is 18.9 Å². The number of aliphatic imine (C=N–C) groups is 1. The van der Waals surface area contributed by atoms with Crippen molar-refractivity contribution in [3.8, 4) is 0 Å². The largest absolute Gasteiger partial charge is 0.464 e. The van der Waals surface area contributed by atoms with Crippen LogP contribution >= 0.6 is 0 Å². The molecule has 0 bridgehead atoms. The summed E-state index contributed by atoms with van der Waals surface area (Å²) in [5, 5.41) is 7.13. The lowest BCUT2D eigenvalue weighted by molar-refractivity contribution is 0.0583. The van der Waals surface area contributed by atoms with Gasteiger partial charge in [0.05, 0.1) is 24.5 Å². The van der Waals surface area contributed by atoms with E-state index in [1.807, 2.05) is 0 Å². The van der Waals surface area contributed by atoms with E-state index in [2.05, 4.69) is 20.4 Å². The highest BCUT2D eigenvalue weighted by Crippen LogP contribution is 2.25. The van der Waals surface area contributed by atoms with Crippen LogP contribution in [-0.4, -0.2) is 66.3 Å². The second kappa shape index (κ2) is 14.1. The molecular formula is C25H35N7O4. The molecule has 36 heavy (non-hydrogen) atoms. The Balaban J connectivity index is 1.70. The van der Waals surface area contributed by atoms with Gasteiger partial charge in [-0.25, -0.2) is 9.78 Å². The van der Waals surface area contributed by atoms with Gasteiger partial charge in [-0.15, -0.1) is 0 Å². The highest BCUT2D eigenvalue weighted by molar-refractivity contribution is 6.10. The molecule has 0 spiro atoms. The van der Waals surface area contributed by atoms with Crippen LogP contribution in [0.4, 0.5) is 5.69 Å². The Bertz CT molecular complexity index is 1070. The molecule has 1 fully saturated rings. The molecule has 5 N–H and O–H groups in total. The number of ether oxygens (including phenoxy) is 2. The highest BCUT2D eigenvalue weighted by atomic mass is 16.5. The molecule has 0 aromatic carbocycles. The van der Waals surface area contributed by atoms with Crippen molar-refractivity contribution in [3.63, 3.8) is 0 Å². The average Bonchev–Trinajstić information content (AvgIpc) is 3.34. The van der Waals surface area contributed by atoms with Crippen molar-refractivity contribution in [1.29, 1.82) is 0 Å². The number of unbranched alkanes of at least 4 members (excludes halogenated alkanes) is 3. The molecule has 0 unspecified atom stereocenters. The second-order valence-electron chi connectivity index (χ2n) is 8.43. The van der Waals surface area contributed by atoms with Crippen LogP contribution in [0.2, 0.25) is 0 Å². The summed E-state index contributed by atoms with van der Waals surface area (Å²) in [5.41, 5.74) is 12.9. The maximum absolute atomic E-state index is 13.0. The van der Waals surface area contributed by atoms with Crippen molar-refractivity contribution >= 4 is 29.4 Å². The predicted molar refractivity (Wildman–Crippen MR) is 138 cm³/mol. The lowest BCUT2D eigenvalue weighted by atomic mass is 10.1. The van der Waals surface area contributed by atoms with Gasteiger partial charge in [0.25, 0.3) is 5.91 Å². The fraction of sp³-hybridized carbons (Fsp3) is 0.480. The van der Waals surface area contributed by atoms with E-state index in [1.165, 1.54) is 13.3 Å². The van der Waals surface area contributed by atoms with Crippen LogP contribution in [0.3, 0.4) is 0 Å². The van der Waals surface area contributed by atoms with E-state index in [0.717, 1.165) is 38.5 Å². The number of nitrogens with zero attached hydrogens (tertiary/aromatic N) is 4. The molecular weight excluding hydrogens is 462 g/mol. The highest BCUT2D eigenvalue weighted by Gasteiger charge is 2.24. The number of hydrogen-bond acceptors (Lipinski definition) is 9. The zero-order valence-corrected chi connectivity index (χ0v) is 20.7. The number of anilines is 1. The molecule has 2 aromatic rings. The fourth-order valence-electron chi connectivity index (χ4n) is 3.83. The van der Waals surface area contributed by atoms with Crippen LogP contribution in [0.15, 0.2) is 35.6 Å². The van der Waals surface area contributed by atoms with Gasteiger partial charge in [0, 0.05) is 43.9 Å². The number of carbonyl (C=O) groups is 2. The maximum Gasteiger partial charge on any atom is 0.360 e. The molecule has 3 heterocycles. The zero-order valence-electron chi connectivity index (χ0n) is 20.7. The zero-order chi connectivity index (χ0) is 25.8. The van der Waals surface area contributed by atoms with Crippen LogP contribution in [0, 0.1) is 0 Å². The fourth-order valence-corrected chi connectivity index (χ4v) is 3.83. The number of carbonyl (C=O) groups excluding carboxylic acids is 2. The Morgan fingerprint density at radius 1 is 1.22 bits per heavy atom. The van der Waals surface area contributed by atoms with Crippen molar-refractivity contribution in [2.24, 2.45) is 16.5 Å². The summed E-state index contributed by atoms with van der Waals surface area (Å²) in [6, 6.07) is 5.13. The predicted octanol–water partition coefficient (Wildman–Crippen LogP) is 2.56. The number of pyridine rings is 1. The number of esters is 1. The molecule has 1 aliphatic heterocycles. The van der Waals surface area contributed by atoms with Gasteiger partial charge in [0.15, 0.2) is 5.69 Å². The van der Waals surface area contributed by atoms with Crippen LogP contribution in [0.5, 0.6) is 0 Å². The molecule has 11 nitrogen and oxygen atoms in total. The first-order valence-corrected chi connectivity index (χ1v) is 12.2. The Kier molecular flexibility index (Phi) is 10.6. The van der Waals surface area contributed by atoms with Crippen molar-refractivity contribution in [2.45, 2.75) is 44.6 Å². The van der Waals surface area contributed by atoms with E-state index in [9.17, 15) is 9.59 Å². The minimum Gasteiger partial charge on any atom is -0.464 e. The molecule has 2 aromatic heterocycles. The van der Waals surface area contributed by atoms with Gasteiger partial charge in [-0.05, 0) is 44.4 Å². The smallest absolute Gasteiger partial charge is 0.360 e. The van der Waals surface area contributed by atoms with Gasteiger partial charge in [-0.2, -0.15) is 5.10 Å². The minimum absolute atomic E-state index is 0.0367. The molecule has 0 aliphatic carbocycles. The standard InChI is InChI=1S/C25H35N7O4/c1-35-25(34)23-22(17-32(31-23)19-9-13-36-14-10-19)30-24(33)21-8-6-7-20(29-21)18(15-27)16-28-12-5-3-2-4-11-26/h6-8,15-17,19H,2-5,9-14,26-27H2,1H3,(H,30,33).